The Kier molecular flexibility index (Phi) is 14.9. The Bertz CT molecular complexity index is 1830. The van der Waals surface area contributed by atoms with E-state index in [1.165, 1.54) is 24.0 Å². The molecule has 4 rings (SSSR count). The summed E-state index contributed by atoms with van der Waals surface area (Å²) in [4.78, 5) is 105. The zero-order valence-electron chi connectivity index (χ0n) is 33.5. The van der Waals surface area contributed by atoms with E-state index in [-0.39, 0.29) is 18.4 Å². The molecule has 2 aliphatic rings. The molecule has 0 aromatic heterocycles. The number of benzene rings is 2. The summed E-state index contributed by atoms with van der Waals surface area (Å²) >= 11 is 0. The lowest BCUT2D eigenvalue weighted by atomic mass is 9.96. The second-order valence-electron chi connectivity index (χ2n) is 15.0. The summed E-state index contributed by atoms with van der Waals surface area (Å²) in [6.45, 7) is 8.19. The molecule has 16 heteroatoms. The molecule has 0 saturated carbocycles. The molecule has 0 aliphatic carbocycles. The number of nitrogens with one attached hydrogen (secondary N) is 2. The third kappa shape index (κ3) is 10.5. The highest BCUT2D eigenvalue weighted by atomic mass is 16.6. The van der Waals surface area contributed by atoms with Crippen LogP contribution in [0.1, 0.15) is 81.0 Å². The number of rotatable bonds is 15. The van der Waals surface area contributed by atoms with E-state index in [0.717, 1.165) is 11.1 Å². The molecule has 4 amide bonds. The van der Waals surface area contributed by atoms with Crippen LogP contribution in [0.25, 0.3) is 11.1 Å². The van der Waals surface area contributed by atoms with Gasteiger partial charge in [-0.3, -0.25) is 19.2 Å². The first-order valence-corrected chi connectivity index (χ1v) is 18.9. The maximum Gasteiger partial charge on any atom is 0.407 e. The summed E-state index contributed by atoms with van der Waals surface area (Å²) < 4.78 is 20.1. The van der Waals surface area contributed by atoms with E-state index in [1.807, 2.05) is 0 Å². The number of esters is 2. The first-order valence-electron chi connectivity index (χ1n) is 18.9. The van der Waals surface area contributed by atoms with E-state index in [4.69, 9.17) is 9.47 Å². The van der Waals surface area contributed by atoms with Crippen LogP contribution >= 0.6 is 0 Å². The lowest BCUT2D eigenvalue weighted by molar-refractivity contribution is -0.160. The Morgan fingerprint density at radius 3 is 1.63 bits per heavy atom. The van der Waals surface area contributed by atoms with Crippen molar-refractivity contribution >= 4 is 47.5 Å². The number of Topliss-reactive ketones (excluding diaryl/α,β-unsaturated/α-hetero) is 2. The van der Waals surface area contributed by atoms with Gasteiger partial charge in [-0.05, 0) is 55.6 Å². The molecular formula is C41H52N4O12. The number of hydrogen-bond donors (Lipinski definition) is 2. The Labute approximate surface area is 331 Å². The average molecular weight is 793 g/mol. The summed E-state index contributed by atoms with van der Waals surface area (Å²) in [6.07, 6.45) is 0.283. The second kappa shape index (κ2) is 19.4. The number of hydrogen-bond acceptors (Lipinski definition) is 12. The SMILES string of the molecule is COC(=O)N[C@H](C(=O)N1CCC[C@H]1C(=O)OCC(=O)c1ccc(-c2ccc(C(=O)COC(=O)[C@]3(C)CCCN3C(=O)[C@@H](NC(=O)OC)C(C)C)cc2)cc1)C(C)C. The molecule has 2 N–H and O–H groups in total. The van der Waals surface area contributed by atoms with Crippen LogP contribution in [0.5, 0.6) is 0 Å². The summed E-state index contributed by atoms with van der Waals surface area (Å²) in [7, 11) is 2.39. The van der Waals surface area contributed by atoms with Gasteiger partial charge in [0, 0.05) is 24.2 Å². The molecule has 0 radical (unpaired) electrons. The molecule has 2 fully saturated rings. The monoisotopic (exact) mass is 792 g/mol. The first-order chi connectivity index (χ1) is 27.0. The average Bonchev–Trinajstić information content (AvgIpc) is 3.87. The number of nitrogens with zero attached hydrogens (tertiary/aromatic N) is 2. The zero-order chi connectivity index (χ0) is 42.0. The Morgan fingerprint density at radius 1 is 0.684 bits per heavy atom. The second-order valence-corrected chi connectivity index (χ2v) is 15.0. The fourth-order valence-electron chi connectivity index (χ4n) is 6.93. The molecule has 2 aliphatic heterocycles. The van der Waals surface area contributed by atoms with Crippen molar-refractivity contribution in [3.8, 4) is 11.1 Å². The molecule has 2 aromatic carbocycles. The van der Waals surface area contributed by atoms with Gasteiger partial charge in [-0.15, -0.1) is 0 Å². The lowest BCUT2D eigenvalue weighted by Crippen LogP contribution is -2.58. The van der Waals surface area contributed by atoms with E-state index in [2.05, 4.69) is 20.1 Å². The topological polar surface area (TPSA) is 204 Å². The molecule has 16 nitrogen and oxygen atoms in total. The van der Waals surface area contributed by atoms with Crippen LogP contribution < -0.4 is 10.6 Å². The molecule has 2 aromatic rings. The van der Waals surface area contributed by atoms with Crippen LogP contribution in [0.2, 0.25) is 0 Å². The van der Waals surface area contributed by atoms with E-state index >= 15 is 0 Å². The Balaban J connectivity index is 1.30. The predicted molar refractivity (Wildman–Crippen MR) is 205 cm³/mol. The van der Waals surface area contributed by atoms with Crippen molar-refractivity contribution < 1.29 is 57.3 Å². The Hall–Kier alpha value is -5.80. The highest BCUT2D eigenvalue weighted by molar-refractivity contribution is 6.00. The van der Waals surface area contributed by atoms with Crippen molar-refractivity contribution in [3.63, 3.8) is 0 Å². The molecule has 308 valence electrons. The summed E-state index contributed by atoms with van der Waals surface area (Å²) in [5.41, 5.74) is 0.775. The Morgan fingerprint density at radius 2 is 1.16 bits per heavy atom. The van der Waals surface area contributed by atoms with Crippen LogP contribution in [-0.4, -0.2) is 121 Å². The van der Waals surface area contributed by atoms with Crippen molar-refractivity contribution in [3.05, 3.63) is 59.7 Å². The molecule has 0 bridgehead atoms. The number of ketones is 2. The molecular weight excluding hydrogens is 740 g/mol. The van der Waals surface area contributed by atoms with E-state index < -0.39 is 84.4 Å². The fourth-order valence-corrected chi connectivity index (χ4v) is 6.93. The maximum atomic E-state index is 13.4. The normalized spacial score (nSPS) is 18.7. The summed E-state index contributed by atoms with van der Waals surface area (Å²) in [5.74, 6) is -3.72. The smallest absolute Gasteiger partial charge is 0.407 e. The van der Waals surface area contributed by atoms with Crippen molar-refractivity contribution in [1.29, 1.82) is 0 Å². The molecule has 0 spiro atoms. The number of carbonyl (C=O) groups is 8. The van der Waals surface area contributed by atoms with Crippen molar-refractivity contribution in [2.75, 3.05) is 40.5 Å². The van der Waals surface area contributed by atoms with Crippen LogP contribution in [-0.2, 0) is 38.1 Å². The number of alkyl carbamates (subject to hydrolysis) is 2. The van der Waals surface area contributed by atoms with Crippen LogP contribution in [0, 0.1) is 11.8 Å². The van der Waals surface area contributed by atoms with Gasteiger partial charge in [0.25, 0.3) is 0 Å². The van der Waals surface area contributed by atoms with Crippen LogP contribution in [0.4, 0.5) is 9.59 Å². The minimum absolute atomic E-state index is 0.266. The maximum absolute atomic E-state index is 13.4. The number of methoxy groups -OCH3 is 2. The van der Waals surface area contributed by atoms with Gasteiger partial charge >= 0.3 is 24.1 Å². The quantitative estimate of drug-likeness (QED) is 0.150. The van der Waals surface area contributed by atoms with E-state index in [9.17, 15) is 38.4 Å². The number of amides is 4. The van der Waals surface area contributed by atoms with Gasteiger partial charge in [0.1, 0.15) is 23.7 Å². The number of likely N-dealkylation sites (tertiary alicyclic amines) is 2. The predicted octanol–water partition coefficient (Wildman–Crippen LogP) is 3.94. The molecule has 57 heavy (non-hydrogen) atoms. The van der Waals surface area contributed by atoms with E-state index in [1.54, 1.807) is 83.1 Å². The highest BCUT2D eigenvalue weighted by Crippen LogP contribution is 2.32. The molecule has 4 atom stereocenters. The minimum atomic E-state index is -1.32. The van der Waals surface area contributed by atoms with Gasteiger partial charge < -0.3 is 39.4 Å². The number of carbonyl (C=O) groups excluding carboxylic acids is 8. The largest absolute Gasteiger partial charge is 0.456 e. The van der Waals surface area contributed by atoms with Gasteiger partial charge in [-0.25, -0.2) is 19.2 Å². The van der Waals surface area contributed by atoms with Gasteiger partial charge in [0.05, 0.1) is 14.2 Å². The van der Waals surface area contributed by atoms with Crippen molar-refractivity contribution in [2.24, 2.45) is 11.8 Å². The number of ether oxygens (including phenoxy) is 4. The van der Waals surface area contributed by atoms with Crippen LogP contribution in [0.15, 0.2) is 48.5 Å². The zero-order valence-corrected chi connectivity index (χ0v) is 33.5. The van der Waals surface area contributed by atoms with Gasteiger partial charge in [-0.2, -0.15) is 0 Å². The van der Waals surface area contributed by atoms with Crippen molar-refractivity contribution in [2.45, 2.75) is 84.0 Å². The highest BCUT2D eigenvalue weighted by Gasteiger charge is 2.49. The van der Waals surface area contributed by atoms with Gasteiger partial charge in [0.2, 0.25) is 11.8 Å². The van der Waals surface area contributed by atoms with Gasteiger partial charge in [0.15, 0.2) is 24.8 Å². The third-order valence-corrected chi connectivity index (χ3v) is 10.4. The lowest BCUT2D eigenvalue weighted by Gasteiger charge is -2.36. The van der Waals surface area contributed by atoms with Gasteiger partial charge in [-0.1, -0.05) is 76.2 Å². The molecule has 0 unspecified atom stereocenters. The standard InChI is InChI=1S/C41H52N4O12/c1-24(2)33(42-39(52)54-6)35(48)44-20-8-10-30(44)37(50)56-22-31(46)28-15-11-26(12-16-28)27-13-17-29(18-14-27)32(47)23-57-38(51)41(5)19-9-21-45(41)36(49)34(25(3)4)43-40(53)55-7/h11-18,24-25,30,33-34H,8-10,19-23H2,1-7H3,(H,42,52)(H,43,53)/t30-,33-,34-,41-/m0/s1. The third-order valence-electron chi connectivity index (χ3n) is 10.4. The van der Waals surface area contributed by atoms with Crippen molar-refractivity contribution in [1.82, 2.24) is 20.4 Å². The van der Waals surface area contributed by atoms with Crippen LogP contribution in [0.3, 0.4) is 0 Å². The first kappa shape index (κ1) is 43.9. The molecule has 2 heterocycles. The summed E-state index contributed by atoms with van der Waals surface area (Å²) in [5, 5.41) is 5.06. The summed E-state index contributed by atoms with van der Waals surface area (Å²) in [6, 6.07) is 10.5. The van der Waals surface area contributed by atoms with E-state index in [0.29, 0.717) is 43.4 Å². The minimum Gasteiger partial charge on any atom is -0.456 e. The fraction of sp³-hybridized carbons (Fsp3) is 0.512. The molecule has 2 saturated heterocycles.